The molecule has 0 fully saturated rings. The standard InChI is InChI=1S/C29H33N5O7/c1-16(2)41-24-11-18(14-35)9-20(27(24)40-15-26(37)38)13-33-23-10-17(12-25(30)36)3-8-22(23)29(39)34-21-6-4-19(5-7-21)28(31)32/h3-11,16,33,35H,12-15H2,1-2H3,(H2,30,36)(H3,31,32)(H,34,39)(H,37,38). The van der Waals surface area contributed by atoms with Crippen LogP contribution in [0.1, 0.15) is 46.5 Å². The van der Waals surface area contributed by atoms with Crippen LogP contribution in [0.3, 0.4) is 0 Å². The zero-order valence-corrected chi connectivity index (χ0v) is 22.7. The monoisotopic (exact) mass is 563 g/mol. The van der Waals surface area contributed by atoms with Gasteiger partial charge in [0.1, 0.15) is 5.84 Å². The van der Waals surface area contributed by atoms with Gasteiger partial charge in [0.2, 0.25) is 5.91 Å². The SMILES string of the molecule is CC(C)Oc1cc(CO)cc(CNc2cc(CC(N)=O)ccc2C(=O)Nc2ccc(C(=N)N)cc2)c1OCC(=O)O. The fraction of sp³-hybridized carbons (Fsp3) is 0.241. The summed E-state index contributed by atoms with van der Waals surface area (Å²) in [6.45, 7) is 2.72. The number of carboxylic acid groups (broad SMARTS) is 1. The zero-order chi connectivity index (χ0) is 30.1. The molecule has 0 aliphatic rings. The van der Waals surface area contributed by atoms with E-state index in [4.69, 9.17) is 26.4 Å². The van der Waals surface area contributed by atoms with Crippen LogP contribution in [0.25, 0.3) is 0 Å². The Morgan fingerprint density at radius 1 is 1.00 bits per heavy atom. The third kappa shape index (κ3) is 8.70. The normalized spacial score (nSPS) is 10.6. The number of carbonyl (C=O) groups excluding carboxylic acids is 2. The highest BCUT2D eigenvalue weighted by atomic mass is 16.5. The van der Waals surface area contributed by atoms with Crippen molar-refractivity contribution in [1.29, 1.82) is 5.41 Å². The minimum absolute atomic E-state index is 0.0465. The molecule has 0 aliphatic heterocycles. The number of nitrogens with two attached hydrogens (primary N) is 2. The topological polar surface area (TPSA) is 210 Å². The van der Waals surface area contributed by atoms with E-state index >= 15 is 0 Å². The third-order valence-corrected chi connectivity index (χ3v) is 5.71. The number of hydrogen-bond donors (Lipinski definition) is 7. The first-order chi connectivity index (χ1) is 19.5. The van der Waals surface area contributed by atoms with Crippen molar-refractivity contribution in [1.82, 2.24) is 0 Å². The Kier molecular flexibility index (Phi) is 10.3. The molecule has 0 unspecified atom stereocenters. The summed E-state index contributed by atoms with van der Waals surface area (Å²) in [6, 6.07) is 14.5. The number of rotatable bonds is 14. The second kappa shape index (κ2) is 13.8. The van der Waals surface area contributed by atoms with E-state index in [2.05, 4.69) is 10.6 Å². The lowest BCUT2D eigenvalue weighted by atomic mass is 10.0. The number of carbonyl (C=O) groups is 3. The number of benzene rings is 3. The Hall–Kier alpha value is -5.10. The molecule has 0 saturated heterocycles. The van der Waals surface area contributed by atoms with Crippen LogP contribution in [0.2, 0.25) is 0 Å². The lowest BCUT2D eigenvalue weighted by Gasteiger charge is -2.20. The zero-order valence-electron chi connectivity index (χ0n) is 22.7. The first kappa shape index (κ1) is 30.4. The van der Waals surface area contributed by atoms with E-state index < -0.39 is 24.4 Å². The van der Waals surface area contributed by atoms with Gasteiger partial charge in [0.05, 0.1) is 24.7 Å². The predicted molar refractivity (Wildman–Crippen MR) is 153 cm³/mol. The van der Waals surface area contributed by atoms with E-state index in [1.54, 1.807) is 68.4 Å². The summed E-state index contributed by atoms with van der Waals surface area (Å²) < 4.78 is 11.4. The molecule has 3 aromatic rings. The van der Waals surface area contributed by atoms with Gasteiger partial charge < -0.3 is 41.8 Å². The van der Waals surface area contributed by atoms with E-state index in [1.165, 1.54) is 0 Å². The van der Waals surface area contributed by atoms with Crippen molar-refractivity contribution in [3.8, 4) is 11.5 Å². The van der Waals surface area contributed by atoms with Crippen LogP contribution in [-0.2, 0) is 29.2 Å². The van der Waals surface area contributed by atoms with Gasteiger partial charge in [-0.05, 0) is 73.5 Å². The molecule has 0 spiro atoms. The highest BCUT2D eigenvalue weighted by Crippen LogP contribution is 2.35. The van der Waals surface area contributed by atoms with Crippen molar-refractivity contribution in [3.63, 3.8) is 0 Å². The van der Waals surface area contributed by atoms with Gasteiger partial charge in [-0.25, -0.2) is 4.79 Å². The fourth-order valence-electron chi connectivity index (χ4n) is 3.95. The lowest BCUT2D eigenvalue weighted by molar-refractivity contribution is -0.139. The molecular weight excluding hydrogens is 530 g/mol. The van der Waals surface area contributed by atoms with Crippen molar-refractivity contribution in [2.75, 3.05) is 17.2 Å². The number of ether oxygens (including phenoxy) is 2. The number of amidine groups is 1. The number of amides is 2. The largest absolute Gasteiger partial charge is 0.487 e. The molecular formula is C29H33N5O7. The molecule has 41 heavy (non-hydrogen) atoms. The molecule has 12 heteroatoms. The number of nitrogens with one attached hydrogen (secondary N) is 3. The molecule has 216 valence electrons. The number of primary amides is 1. The Morgan fingerprint density at radius 3 is 2.29 bits per heavy atom. The first-order valence-electron chi connectivity index (χ1n) is 12.7. The average molecular weight is 564 g/mol. The van der Waals surface area contributed by atoms with Gasteiger partial charge in [-0.3, -0.25) is 15.0 Å². The third-order valence-electron chi connectivity index (χ3n) is 5.71. The van der Waals surface area contributed by atoms with Gasteiger partial charge in [-0.2, -0.15) is 0 Å². The van der Waals surface area contributed by atoms with E-state index in [9.17, 15) is 24.6 Å². The predicted octanol–water partition coefficient (Wildman–Crippen LogP) is 2.61. The molecule has 0 radical (unpaired) electrons. The Balaban J connectivity index is 1.97. The van der Waals surface area contributed by atoms with Crippen LogP contribution < -0.4 is 31.6 Å². The van der Waals surface area contributed by atoms with Crippen LogP contribution >= 0.6 is 0 Å². The number of carboxylic acids is 1. The van der Waals surface area contributed by atoms with Crippen LogP contribution in [0.5, 0.6) is 11.5 Å². The number of hydrogen-bond acceptors (Lipinski definition) is 8. The van der Waals surface area contributed by atoms with Gasteiger partial charge in [-0.15, -0.1) is 0 Å². The van der Waals surface area contributed by atoms with Crippen LogP contribution in [-0.4, -0.2) is 46.5 Å². The van der Waals surface area contributed by atoms with Crippen molar-refractivity contribution >= 4 is 35.0 Å². The molecule has 0 saturated carbocycles. The molecule has 0 bridgehead atoms. The molecule has 0 atom stereocenters. The minimum atomic E-state index is -1.18. The highest BCUT2D eigenvalue weighted by Gasteiger charge is 2.19. The number of aliphatic carboxylic acids is 1. The molecule has 9 N–H and O–H groups in total. The second-order valence-electron chi connectivity index (χ2n) is 9.41. The van der Waals surface area contributed by atoms with E-state index in [0.717, 1.165) is 0 Å². The van der Waals surface area contributed by atoms with Crippen LogP contribution in [0.15, 0.2) is 54.6 Å². The van der Waals surface area contributed by atoms with Crippen molar-refractivity contribution in [3.05, 3.63) is 82.4 Å². The summed E-state index contributed by atoms with van der Waals surface area (Å²) in [5.74, 6) is -1.84. The maximum atomic E-state index is 13.3. The van der Waals surface area contributed by atoms with Gasteiger partial charge in [0.15, 0.2) is 18.1 Å². The summed E-state index contributed by atoms with van der Waals surface area (Å²) >= 11 is 0. The van der Waals surface area contributed by atoms with Gasteiger partial charge in [0, 0.05) is 29.0 Å². The molecule has 3 rings (SSSR count). The van der Waals surface area contributed by atoms with Crippen molar-refractivity contribution < 1.29 is 34.1 Å². The first-order valence-corrected chi connectivity index (χ1v) is 12.7. The lowest BCUT2D eigenvalue weighted by Crippen LogP contribution is -2.18. The van der Waals surface area contributed by atoms with E-state index in [1.807, 2.05) is 0 Å². The number of aliphatic hydroxyl groups is 1. The molecule has 12 nitrogen and oxygen atoms in total. The number of anilines is 2. The molecule has 3 aromatic carbocycles. The average Bonchev–Trinajstić information content (AvgIpc) is 2.90. The summed E-state index contributed by atoms with van der Waals surface area (Å²) in [5, 5.41) is 32.5. The maximum Gasteiger partial charge on any atom is 0.341 e. The van der Waals surface area contributed by atoms with Gasteiger partial charge in [0.25, 0.3) is 5.91 Å². The van der Waals surface area contributed by atoms with Gasteiger partial charge in [-0.1, -0.05) is 6.07 Å². The molecule has 2 amide bonds. The quantitative estimate of drug-likeness (QED) is 0.113. The van der Waals surface area contributed by atoms with E-state index in [0.29, 0.717) is 33.6 Å². The minimum Gasteiger partial charge on any atom is -0.487 e. The van der Waals surface area contributed by atoms with Gasteiger partial charge >= 0.3 is 5.97 Å². The maximum absolute atomic E-state index is 13.3. The second-order valence-corrected chi connectivity index (χ2v) is 9.41. The van der Waals surface area contributed by atoms with Crippen LogP contribution in [0.4, 0.5) is 11.4 Å². The Morgan fingerprint density at radius 2 is 1.71 bits per heavy atom. The molecule has 0 heterocycles. The summed E-state index contributed by atoms with van der Waals surface area (Å²) in [4.78, 5) is 36.1. The molecule has 0 aliphatic carbocycles. The summed E-state index contributed by atoms with van der Waals surface area (Å²) in [5.41, 5.74) is 14.0. The fourth-order valence-corrected chi connectivity index (χ4v) is 3.95. The highest BCUT2D eigenvalue weighted by molar-refractivity contribution is 6.08. The smallest absolute Gasteiger partial charge is 0.341 e. The number of aliphatic hydroxyl groups excluding tert-OH is 1. The van der Waals surface area contributed by atoms with Crippen LogP contribution in [0, 0.1) is 5.41 Å². The van der Waals surface area contributed by atoms with Crippen molar-refractivity contribution in [2.45, 2.75) is 39.5 Å². The summed E-state index contributed by atoms with van der Waals surface area (Å²) in [7, 11) is 0. The number of nitrogen functional groups attached to an aromatic ring is 1. The summed E-state index contributed by atoms with van der Waals surface area (Å²) in [6.07, 6.45) is -0.315. The Labute approximate surface area is 236 Å². The van der Waals surface area contributed by atoms with E-state index in [-0.39, 0.29) is 48.6 Å². The van der Waals surface area contributed by atoms with Crippen molar-refractivity contribution in [2.24, 2.45) is 11.5 Å². The molecule has 0 aromatic heterocycles. The Bertz CT molecular complexity index is 1440.